The molecule has 0 aliphatic carbocycles. The Bertz CT molecular complexity index is 972. The third-order valence-electron chi connectivity index (χ3n) is 4.78. The molecule has 1 aliphatic rings. The van der Waals surface area contributed by atoms with Crippen LogP contribution < -0.4 is 13.9 Å². The molecule has 3 N–H and O–H groups in total. The second-order valence-electron chi connectivity index (χ2n) is 6.77. The van der Waals surface area contributed by atoms with Crippen LogP contribution in [0.25, 0.3) is 0 Å². The molecule has 0 spiro atoms. The van der Waals surface area contributed by atoms with Gasteiger partial charge < -0.3 is 10.4 Å². The molecule has 8 nitrogen and oxygen atoms in total. The van der Waals surface area contributed by atoms with E-state index >= 15 is 0 Å². The summed E-state index contributed by atoms with van der Waals surface area (Å²) in [4.78, 5) is 14.9. The Morgan fingerprint density at radius 1 is 1.38 bits per heavy atom. The van der Waals surface area contributed by atoms with E-state index in [-0.39, 0.29) is 34.4 Å². The molecule has 2 heterocycles. The van der Waals surface area contributed by atoms with Crippen LogP contribution in [-0.4, -0.2) is 50.2 Å². The third-order valence-corrected chi connectivity index (χ3v) is 6.99. The lowest BCUT2D eigenvalue weighted by Gasteiger charge is -2.41. The summed E-state index contributed by atoms with van der Waals surface area (Å²) in [5, 5.41) is 12.7. The van der Waals surface area contributed by atoms with E-state index in [2.05, 4.69) is 15.0 Å². The smallest absolute Gasteiger partial charge is 0.375 e. The van der Waals surface area contributed by atoms with Gasteiger partial charge in [-0.15, -0.1) is 12.4 Å². The minimum absolute atomic E-state index is 0. The quantitative estimate of drug-likeness (QED) is 0.568. The highest BCUT2D eigenvalue weighted by Crippen LogP contribution is 2.31. The molecule has 1 aliphatic heterocycles. The summed E-state index contributed by atoms with van der Waals surface area (Å²) in [7, 11) is -3.84. The van der Waals surface area contributed by atoms with Crippen molar-refractivity contribution in [3.8, 4) is 0 Å². The molecule has 1 saturated heterocycles. The fraction of sp³-hybridized carbons (Fsp3) is 0.333. The fourth-order valence-electron chi connectivity index (χ4n) is 3.36. The van der Waals surface area contributed by atoms with Gasteiger partial charge in [0.25, 0.3) is 0 Å². The number of carbonyl (C=O) groups is 1. The minimum Gasteiger partial charge on any atom is -0.478 e. The lowest BCUT2D eigenvalue weighted by atomic mass is 10.2. The first kappa shape index (κ1) is 23.5. The highest BCUT2D eigenvalue weighted by Gasteiger charge is 2.47. The third kappa shape index (κ3) is 5.06. The Balaban J connectivity index is 0.00000300. The number of carboxylic acids is 1. The number of hydrogen-bond acceptors (Lipinski definition) is 5. The van der Waals surface area contributed by atoms with E-state index in [0.29, 0.717) is 36.0 Å². The average Bonchev–Trinajstić information content (AvgIpc) is 2.66. The van der Waals surface area contributed by atoms with Crippen LogP contribution in [0.3, 0.4) is 0 Å². The van der Waals surface area contributed by atoms with Crippen LogP contribution in [0.1, 0.15) is 23.0 Å². The highest BCUT2D eigenvalue weighted by atomic mass is 35.5. The number of nitrogens with one attached hydrogen (secondary N) is 2. The number of quaternary nitrogens is 1. The second kappa shape index (κ2) is 9.38. The van der Waals surface area contributed by atoms with E-state index in [0.717, 1.165) is 0 Å². The number of aromatic carboxylic acids is 1. The van der Waals surface area contributed by atoms with Gasteiger partial charge in [-0.05, 0) is 25.1 Å². The van der Waals surface area contributed by atoms with Crippen LogP contribution in [0.2, 0.25) is 5.02 Å². The summed E-state index contributed by atoms with van der Waals surface area (Å²) in [5.41, 5.74) is 1.08. The maximum atomic E-state index is 13.4. The van der Waals surface area contributed by atoms with Crippen LogP contribution in [-0.2, 0) is 16.8 Å². The van der Waals surface area contributed by atoms with E-state index in [1.54, 1.807) is 24.3 Å². The predicted molar refractivity (Wildman–Crippen MR) is 115 cm³/mol. The molecule has 3 rings (SSSR count). The standard InChI is InChI=1S/C18H21ClN4O4S.ClH/c1-13-12-23(8-7-20-13,17-4-2-3-15(19)9-17)28(26,27)22-11-16-6-5-14(10-21-16)18(24)25;/h2-6,9-10,13,20,22H,7-8,11-12H2,1H3;1H/p+1/t13?,23-;/m1./s1. The van der Waals surface area contributed by atoms with Crippen molar-refractivity contribution in [2.24, 2.45) is 0 Å². The maximum absolute atomic E-state index is 13.4. The second-order valence-corrected chi connectivity index (χ2v) is 9.14. The monoisotopic (exact) mass is 461 g/mol. The van der Waals surface area contributed by atoms with Gasteiger partial charge in [-0.3, -0.25) is 4.98 Å². The normalized spacial score (nSPS) is 21.9. The molecular weight excluding hydrogens is 439 g/mol. The van der Waals surface area contributed by atoms with Crippen LogP contribution in [0.4, 0.5) is 5.69 Å². The van der Waals surface area contributed by atoms with E-state index in [9.17, 15) is 13.2 Å². The Labute approximate surface area is 181 Å². The largest absolute Gasteiger partial charge is 0.478 e. The van der Waals surface area contributed by atoms with Gasteiger partial charge in [0.2, 0.25) is 0 Å². The van der Waals surface area contributed by atoms with Crippen LogP contribution in [0.15, 0.2) is 42.6 Å². The Kier molecular flexibility index (Phi) is 7.61. The molecule has 0 amide bonds. The molecule has 29 heavy (non-hydrogen) atoms. The first-order valence-electron chi connectivity index (χ1n) is 8.78. The summed E-state index contributed by atoms with van der Waals surface area (Å²) in [5.74, 6) is -1.08. The fourth-order valence-corrected chi connectivity index (χ4v) is 5.26. The van der Waals surface area contributed by atoms with Gasteiger partial charge in [0, 0.05) is 29.9 Å². The minimum atomic E-state index is -3.84. The van der Waals surface area contributed by atoms with E-state index in [1.807, 2.05) is 6.92 Å². The zero-order valence-corrected chi connectivity index (χ0v) is 18.1. The molecule has 1 fully saturated rings. The number of halogens is 2. The molecule has 0 bridgehead atoms. The Morgan fingerprint density at radius 3 is 2.72 bits per heavy atom. The van der Waals surface area contributed by atoms with E-state index in [4.69, 9.17) is 16.7 Å². The van der Waals surface area contributed by atoms with E-state index < -0.39 is 16.2 Å². The predicted octanol–water partition coefficient (Wildman–Crippen LogP) is 2.19. The summed E-state index contributed by atoms with van der Waals surface area (Å²) >= 11 is 6.13. The van der Waals surface area contributed by atoms with Crippen molar-refractivity contribution in [1.82, 2.24) is 18.9 Å². The molecule has 1 aromatic heterocycles. The lowest BCUT2D eigenvalue weighted by Crippen LogP contribution is -2.68. The molecule has 0 saturated carbocycles. The van der Waals surface area contributed by atoms with Crippen molar-refractivity contribution in [2.45, 2.75) is 19.5 Å². The van der Waals surface area contributed by atoms with Gasteiger partial charge in [-0.25, -0.2) is 4.79 Å². The van der Waals surface area contributed by atoms with Crippen molar-refractivity contribution < 1.29 is 18.3 Å². The van der Waals surface area contributed by atoms with Crippen LogP contribution in [0, 0.1) is 0 Å². The van der Waals surface area contributed by atoms with Gasteiger partial charge in [0.15, 0.2) is 5.69 Å². The topological polar surface area (TPSA) is 108 Å². The van der Waals surface area contributed by atoms with Gasteiger partial charge in [0.05, 0.1) is 23.8 Å². The molecule has 2 aromatic rings. The lowest BCUT2D eigenvalue weighted by molar-refractivity contribution is 0.0696. The van der Waals surface area contributed by atoms with Crippen LogP contribution in [0.5, 0.6) is 0 Å². The molecule has 0 radical (unpaired) electrons. The van der Waals surface area contributed by atoms with Crippen molar-refractivity contribution in [3.63, 3.8) is 0 Å². The molecule has 11 heteroatoms. The number of aromatic nitrogens is 1. The summed E-state index contributed by atoms with van der Waals surface area (Å²) in [6.45, 7) is 3.15. The Hall–Kier alpha value is -1.75. The molecular formula is C18H23Cl2N4O4S+. The molecule has 158 valence electrons. The van der Waals surface area contributed by atoms with Gasteiger partial charge in [0.1, 0.15) is 13.1 Å². The molecule has 2 atom stereocenters. The number of benzene rings is 1. The number of rotatable bonds is 6. The number of carboxylic acid groups (broad SMARTS) is 1. The van der Waals surface area contributed by atoms with Crippen molar-refractivity contribution in [1.29, 1.82) is 0 Å². The van der Waals surface area contributed by atoms with Crippen molar-refractivity contribution in [3.05, 3.63) is 58.9 Å². The zero-order chi connectivity index (χ0) is 20.4. The number of nitrogens with zero attached hydrogens (tertiary/aromatic N) is 2. The first-order valence-corrected chi connectivity index (χ1v) is 10.6. The Morgan fingerprint density at radius 2 is 2.14 bits per heavy atom. The van der Waals surface area contributed by atoms with Crippen molar-refractivity contribution >= 4 is 45.9 Å². The van der Waals surface area contributed by atoms with Gasteiger partial charge in [-0.1, -0.05) is 17.7 Å². The maximum Gasteiger partial charge on any atom is 0.375 e. The summed E-state index contributed by atoms with van der Waals surface area (Å²) < 4.78 is 29.1. The number of pyridine rings is 1. The first-order chi connectivity index (χ1) is 13.2. The van der Waals surface area contributed by atoms with E-state index in [1.165, 1.54) is 18.3 Å². The zero-order valence-electron chi connectivity index (χ0n) is 15.7. The number of hydrogen-bond donors (Lipinski definition) is 3. The average molecular weight is 462 g/mol. The van der Waals surface area contributed by atoms with Gasteiger partial charge in [-0.2, -0.15) is 17.0 Å². The summed E-state index contributed by atoms with van der Waals surface area (Å²) in [6.07, 6.45) is 1.21. The molecule has 1 aromatic carbocycles. The number of piperazine rings is 1. The molecule has 1 unspecified atom stereocenters. The van der Waals surface area contributed by atoms with Gasteiger partial charge >= 0.3 is 16.2 Å². The van der Waals surface area contributed by atoms with Crippen LogP contribution >= 0.6 is 24.0 Å². The highest BCUT2D eigenvalue weighted by molar-refractivity contribution is 7.89. The summed E-state index contributed by atoms with van der Waals surface area (Å²) in [6, 6.07) is 9.79. The van der Waals surface area contributed by atoms with Crippen molar-refractivity contribution in [2.75, 3.05) is 19.6 Å². The SMILES string of the molecule is CC1C[N@+](c2cccc(Cl)c2)(S(=O)(=O)NCc2ccc(C(=O)O)cn2)CCN1.Cl.